The molecule has 1 aliphatic heterocycles. The average Bonchev–Trinajstić information content (AvgIpc) is 2.81. The Hall–Kier alpha value is -1.59. The van der Waals surface area contributed by atoms with Crippen LogP contribution >= 0.6 is 0 Å². The largest absolute Gasteiger partial charge is 0.376 e. The molecule has 0 spiro atoms. The van der Waals surface area contributed by atoms with Crippen LogP contribution in [0.3, 0.4) is 0 Å². The van der Waals surface area contributed by atoms with Gasteiger partial charge in [0.2, 0.25) is 0 Å². The number of rotatable bonds is 3. The van der Waals surface area contributed by atoms with Gasteiger partial charge in [-0.25, -0.2) is 0 Å². The summed E-state index contributed by atoms with van der Waals surface area (Å²) in [5.74, 6) is 0.759. The molecule has 5 nitrogen and oxygen atoms in total. The van der Waals surface area contributed by atoms with Crippen LogP contribution < -0.4 is 5.32 Å². The van der Waals surface area contributed by atoms with Gasteiger partial charge in [0.05, 0.1) is 31.3 Å². The van der Waals surface area contributed by atoms with Gasteiger partial charge in [-0.1, -0.05) is 17.3 Å². The van der Waals surface area contributed by atoms with Crippen molar-refractivity contribution < 1.29 is 14.0 Å². The predicted molar refractivity (Wildman–Crippen MR) is 63.1 cm³/mol. The van der Waals surface area contributed by atoms with Crippen molar-refractivity contribution in [2.24, 2.45) is 0 Å². The van der Waals surface area contributed by atoms with E-state index >= 15 is 0 Å². The van der Waals surface area contributed by atoms with E-state index in [2.05, 4.69) is 10.5 Å². The summed E-state index contributed by atoms with van der Waals surface area (Å²) in [6.07, 6.45) is 0.0826. The number of nitrogens with zero attached hydrogens (tertiary/aromatic N) is 1. The molecule has 0 aliphatic carbocycles. The Kier molecular flexibility index (Phi) is 2.94. The lowest BCUT2D eigenvalue weighted by molar-refractivity contribution is -0.0819. The zero-order valence-corrected chi connectivity index (χ0v) is 9.39. The van der Waals surface area contributed by atoms with Crippen molar-refractivity contribution >= 4 is 16.8 Å². The quantitative estimate of drug-likeness (QED) is 0.875. The number of hydrogen-bond donors (Lipinski definition) is 1. The lowest BCUT2D eigenvalue weighted by atomic mass is 10.2. The first-order valence-electron chi connectivity index (χ1n) is 5.71. The summed E-state index contributed by atoms with van der Waals surface area (Å²) in [4.78, 5) is 0. The van der Waals surface area contributed by atoms with Crippen LogP contribution in [0.5, 0.6) is 0 Å². The standard InChI is InChI=1S/C12H14N2O3/c1-2-4-11-10(3-1)12(14-17-11)13-7-9-8-15-5-6-16-9/h1-4,9H,5-8H2,(H,13,14). The van der Waals surface area contributed by atoms with Gasteiger partial charge in [0.25, 0.3) is 0 Å². The second-order valence-electron chi connectivity index (χ2n) is 3.98. The molecule has 1 atom stereocenters. The van der Waals surface area contributed by atoms with E-state index in [1.807, 2.05) is 24.3 Å². The van der Waals surface area contributed by atoms with Crippen molar-refractivity contribution in [3.8, 4) is 0 Å². The second kappa shape index (κ2) is 4.73. The Morgan fingerprint density at radius 1 is 1.29 bits per heavy atom. The lowest BCUT2D eigenvalue weighted by Gasteiger charge is -2.22. The fraction of sp³-hybridized carbons (Fsp3) is 0.417. The molecule has 1 aliphatic rings. The maximum absolute atomic E-state index is 5.54. The van der Waals surface area contributed by atoms with Crippen molar-refractivity contribution in [1.29, 1.82) is 0 Å². The Labute approximate surface area is 98.7 Å². The van der Waals surface area contributed by atoms with Gasteiger partial charge in [-0.3, -0.25) is 0 Å². The third kappa shape index (κ3) is 2.25. The van der Waals surface area contributed by atoms with Crippen molar-refractivity contribution in [2.45, 2.75) is 6.10 Å². The molecule has 5 heteroatoms. The smallest absolute Gasteiger partial charge is 0.177 e. The topological polar surface area (TPSA) is 56.5 Å². The van der Waals surface area contributed by atoms with Crippen molar-refractivity contribution in [3.05, 3.63) is 24.3 Å². The highest BCUT2D eigenvalue weighted by Gasteiger charge is 2.15. The van der Waals surface area contributed by atoms with Crippen LogP contribution in [-0.4, -0.2) is 37.6 Å². The van der Waals surface area contributed by atoms with Crippen molar-refractivity contribution in [2.75, 3.05) is 31.7 Å². The van der Waals surface area contributed by atoms with E-state index in [9.17, 15) is 0 Å². The molecular weight excluding hydrogens is 220 g/mol. The van der Waals surface area contributed by atoms with Crippen molar-refractivity contribution in [1.82, 2.24) is 5.16 Å². The van der Waals surface area contributed by atoms with E-state index in [0.717, 1.165) is 16.8 Å². The minimum atomic E-state index is 0.0826. The van der Waals surface area contributed by atoms with Crippen molar-refractivity contribution in [3.63, 3.8) is 0 Å². The highest BCUT2D eigenvalue weighted by molar-refractivity contribution is 5.87. The van der Waals surface area contributed by atoms with Gasteiger partial charge in [0.1, 0.15) is 0 Å². The fourth-order valence-corrected chi connectivity index (χ4v) is 1.88. The molecule has 1 unspecified atom stereocenters. The highest BCUT2D eigenvalue weighted by atomic mass is 16.6. The van der Waals surface area contributed by atoms with Gasteiger partial charge in [-0.2, -0.15) is 0 Å². The zero-order valence-electron chi connectivity index (χ0n) is 9.39. The number of nitrogens with one attached hydrogen (secondary N) is 1. The summed E-state index contributed by atoms with van der Waals surface area (Å²) in [5.41, 5.74) is 0.788. The number of anilines is 1. The molecule has 1 saturated heterocycles. The van der Waals surface area contributed by atoms with Crippen LogP contribution in [0.2, 0.25) is 0 Å². The fourth-order valence-electron chi connectivity index (χ4n) is 1.88. The summed E-state index contributed by atoms with van der Waals surface area (Å²) >= 11 is 0. The Bertz CT molecular complexity index is 491. The number of hydrogen-bond acceptors (Lipinski definition) is 5. The van der Waals surface area contributed by atoms with Gasteiger partial charge in [-0.05, 0) is 12.1 Å². The molecule has 1 N–H and O–H groups in total. The summed E-state index contributed by atoms with van der Waals surface area (Å²) in [7, 11) is 0. The van der Waals surface area contributed by atoms with Gasteiger partial charge < -0.3 is 19.3 Å². The predicted octanol–water partition coefficient (Wildman–Crippen LogP) is 1.66. The van der Waals surface area contributed by atoms with Crippen LogP contribution in [0, 0.1) is 0 Å². The minimum absolute atomic E-state index is 0.0826. The molecule has 0 amide bonds. The molecular formula is C12H14N2O3. The highest BCUT2D eigenvalue weighted by Crippen LogP contribution is 2.22. The molecule has 2 aromatic rings. The van der Waals surface area contributed by atoms with E-state index in [0.29, 0.717) is 26.4 Å². The van der Waals surface area contributed by atoms with Crippen LogP contribution in [0.4, 0.5) is 5.82 Å². The van der Waals surface area contributed by atoms with E-state index in [1.165, 1.54) is 0 Å². The number of benzene rings is 1. The van der Waals surface area contributed by atoms with Gasteiger partial charge in [0, 0.05) is 6.54 Å². The minimum Gasteiger partial charge on any atom is -0.376 e. The van der Waals surface area contributed by atoms with E-state index in [4.69, 9.17) is 14.0 Å². The van der Waals surface area contributed by atoms with E-state index in [-0.39, 0.29) is 6.10 Å². The number of ether oxygens (including phenoxy) is 2. The lowest BCUT2D eigenvalue weighted by Crippen LogP contribution is -2.34. The van der Waals surface area contributed by atoms with Gasteiger partial charge >= 0.3 is 0 Å². The summed E-state index contributed by atoms with van der Waals surface area (Å²) in [5, 5.41) is 8.21. The van der Waals surface area contributed by atoms with Crippen LogP contribution in [0.1, 0.15) is 0 Å². The summed E-state index contributed by atoms with van der Waals surface area (Å²) in [6, 6.07) is 7.76. The molecule has 0 saturated carbocycles. The zero-order chi connectivity index (χ0) is 11.5. The molecule has 0 bridgehead atoms. The molecule has 3 rings (SSSR count). The van der Waals surface area contributed by atoms with E-state index < -0.39 is 0 Å². The first-order valence-corrected chi connectivity index (χ1v) is 5.71. The Balaban J connectivity index is 1.68. The normalized spacial score (nSPS) is 20.6. The van der Waals surface area contributed by atoms with Crippen LogP contribution in [0.15, 0.2) is 28.8 Å². The van der Waals surface area contributed by atoms with Crippen LogP contribution in [-0.2, 0) is 9.47 Å². The first-order chi connectivity index (χ1) is 8.43. The van der Waals surface area contributed by atoms with Gasteiger partial charge in [0.15, 0.2) is 11.4 Å². The monoisotopic (exact) mass is 234 g/mol. The molecule has 2 heterocycles. The van der Waals surface area contributed by atoms with Gasteiger partial charge in [-0.15, -0.1) is 0 Å². The van der Waals surface area contributed by atoms with Crippen LogP contribution in [0.25, 0.3) is 11.0 Å². The maximum atomic E-state index is 5.54. The Morgan fingerprint density at radius 3 is 3.12 bits per heavy atom. The molecule has 17 heavy (non-hydrogen) atoms. The summed E-state index contributed by atoms with van der Waals surface area (Å²) < 4.78 is 16.1. The summed E-state index contributed by atoms with van der Waals surface area (Å²) in [6.45, 7) is 2.65. The average molecular weight is 234 g/mol. The number of aromatic nitrogens is 1. The molecule has 1 aromatic carbocycles. The molecule has 1 aromatic heterocycles. The number of para-hydroxylation sites is 1. The SMILES string of the molecule is c1ccc2c(NCC3COCCO3)noc2c1. The Morgan fingerprint density at radius 2 is 2.24 bits per heavy atom. The first kappa shape index (κ1) is 10.6. The molecule has 1 fully saturated rings. The molecule has 90 valence electrons. The second-order valence-corrected chi connectivity index (χ2v) is 3.98. The number of fused-ring (bicyclic) bond motifs is 1. The molecule has 0 radical (unpaired) electrons. The maximum Gasteiger partial charge on any atom is 0.177 e. The third-order valence-corrected chi connectivity index (χ3v) is 2.76. The third-order valence-electron chi connectivity index (χ3n) is 2.76. The van der Waals surface area contributed by atoms with E-state index in [1.54, 1.807) is 0 Å².